The lowest BCUT2D eigenvalue weighted by molar-refractivity contribution is -0.117. The number of carbonyl (C=O) groups is 1. The molecule has 1 aliphatic carbocycles. The highest BCUT2D eigenvalue weighted by Gasteiger charge is 2.44. The Kier molecular flexibility index (Phi) is 3.61. The van der Waals surface area contributed by atoms with Crippen LogP contribution in [0.2, 0.25) is 0 Å². The molecule has 1 saturated carbocycles. The third-order valence-electron chi connectivity index (χ3n) is 4.29. The van der Waals surface area contributed by atoms with Crippen molar-refractivity contribution >= 4 is 11.6 Å². The number of carbonyl (C=O) groups excluding carboxylic acids is 1. The Morgan fingerprint density at radius 1 is 1.17 bits per heavy atom. The zero-order valence-electron chi connectivity index (χ0n) is 12.9. The molecule has 1 N–H and O–H groups in total. The number of benzene rings is 2. The molecule has 1 heterocycles. The minimum Gasteiger partial charge on any atom is -0.326 e. The highest BCUT2D eigenvalue weighted by atomic mass is 19.1. The maximum Gasteiger partial charge on any atom is 0.228 e. The lowest BCUT2D eigenvalue weighted by Crippen LogP contribution is -2.14. The molecule has 120 valence electrons. The minimum absolute atomic E-state index is 0.0260. The van der Waals surface area contributed by atoms with Crippen LogP contribution in [-0.4, -0.2) is 15.7 Å². The summed E-state index contributed by atoms with van der Waals surface area (Å²) in [5.41, 5.74) is 2.51. The summed E-state index contributed by atoms with van der Waals surface area (Å²) in [5.74, 6) is -0.275. The molecule has 24 heavy (non-hydrogen) atoms. The van der Waals surface area contributed by atoms with Crippen molar-refractivity contribution in [2.24, 2.45) is 5.92 Å². The molecular formula is C19H16FN3O. The van der Waals surface area contributed by atoms with Gasteiger partial charge in [-0.3, -0.25) is 4.79 Å². The zero-order chi connectivity index (χ0) is 16.5. The molecule has 5 heteroatoms. The second-order valence-electron chi connectivity index (χ2n) is 5.99. The summed E-state index contributed by atoms with van der Waals surface area (Å²) < 4.78 is 15.0. The van der Waals surface area contributed by atoms with Crippen molar-refractivity contribution in [2.75, 3.05) is 5.32 Å². The van der Waals surface area contributed by atoms with Crippen LogP contribution in [-0.2, 0) is 4.79 Å². The van der Waals surface area contributed by atoms with Crippen LogP contribution in [0.1, 0.15) is 17.9 Å². The van der Waals surface area contributed by atoms with Crippen LogP contribution in [0.15, 0.2) is 67.0 Å². The number of nitrogens with one attached hydrogen (secondary N) is 1. The van der Waals surface area contributed by atoms with Gasteiger partial charge < -0.3 is 5.32 Å². The van der Waals surface area contributed by atoms with Gasteiger partial charge in [-0.05, 0) is 54.3 Å². The number of anilines is 1. The van der Waals surface area contributed by atoms with Gasteiger partial charge in [0.05, 0.1) is 5.69 Å². The van der Waals surface area contributed by atoms with Crippen molar-refractivity contribution in [2.45, 2.75) is 12.3 Å². The van der Waals surface area contributed by atoms with E-state index in [2.05, 4.69) is 10.4 Å². The Morgan fingerprint density at radius 2 is 2.04 bits per heavy atom. The van der Waals surface area contributed by atoms with Gasteiger partial charge in [0.15, 0.2) is 0 Å². The van der Waals surface area contributed by atoms with E-state index < -0.39 is 0 Å². The van der Waals surface area contributed by atoms with Gasteiger partial charge in [0.1, 0.15) is 5.82 Å². The minimum atomic E-state index is -0.259. The summed E-state index contributed by atoms with van der Waals surface area (Å²) in [4.78, 5) is 12.4. The molecule has 0 saturated heterocycles. The summed E-state index contributed by atoms with van der Waals surface area (Å²) in [6, 6.07) is 15.9. The molecule has 1 aromatic heterocycles. The number of rotatable bonds is 4. The van der Waals surface area contributed by atoms with E-state index >= 15 is 0 Å². The molecule has 3 aromatic rings. The highest BCUT2D eigenvalue weighted by molar-refractivity contribution is 5.95. The fourth-order valence-corrected chi connectivity index (χ4v) is 2.97. The second kappa shape index (κ2) is 5.92. The average molecular weight is 321 g/mol. The van der Waals surface area contributed by atoms with Crippen molar-refractivity contribution in [1.82, 2.24) is 9.78 Å². The number of halogens is 1. The number of nitrogens with zero attached hydrogens (tertiary/aromatic N) is 2. The Balaban J connectivity index is 1.45. The van der Waals surface area contributed by atoms with Gasteiger partial charge in [0.25, 0.3) is 0 Å². The zero-order valence-corrected chi connectivity index (χ0v) is 12.9. The fourth-order valence-electron chi connectivity index (χ4n) is 2.97. The van der Waals surface area contributed by atoms with Crippen LogP contribution >= 0.6 is 0 Å². The molecule has 0 bridgehead atoms. The van der Waals surface area contributed by atoms with E-state index in [0.717, 1.165) is 23.4 Å². The number of hydrogen-bond donors (Lipinski definition) is 1. The number of amides is 1. The van der Waals surface area contributed by atoms with Crippen LogP contribution in [0.25, 0.3) is 5.69 Å². The molecule has 4 nitrogen and oxygen atoms in total. The van der Waals surface area contributed by atoms with Crippen molar-refractivity contribution in [3.63, 3.8) is 0 Å². The van der Waals surface area contributed by atoms with Gasteiger partial charge in [0.2, 0.25) is 5.91 Å². The first-order valence-corrected chi connectivity index (χ1v) is 7.87. The van der Waals surface area contributed by atoms with Crippen LogP contribution in [0, 0.1) is 11.7 Å². The van der Waals surface area contributed by atoms with E-state index in [1.54, 1.807) is 16.9 Å². The first-order chi connectivity index (χ1) is 11.7. The van der Waals surface area contributed by atoms with Crippen molar-refractivity contribution in [1.29, 1.82) is 0 Å². The van der Waals surface area contributed by atoms with E-state index in [-0.39, 0.29) is 23.6 Å². The quantitative estimate of drug-likeness (QED) is 0.795. The van der Waals surface area contributed by atoms with Crippen molar-refractivity contribution < 1.29 is 9.18 Å². The molecular weight excluding hydrogens is 305 g/mol. The van der Waals surface area contributed by atoms with Crippen LogP contribution < -0.4 is 5.32 Å². The first-order valence-electron chi connectivity index (χ1n) is 7.87. The monoisotopic (exact) mass is 321 g/mol. The van der Waals surface area contributed by atoms with Gasteiger partial charge >= 0.3 is 0 Å². The molecule has 0 radical (unpaired) electrons. The summed E-state index contributed by atoms with van der Waals surface area (Å²) >= 11 is 0. The Bertz CT molecular complexity index is 876. The standard InChI is InChI=1S/C19H16FN3O/c20-14-5-1-4-13(10-14)17-12-18(17)19(24)22-15-6-2-7-16(11-15)23-9-3-8-21-23/h1-11,17-18H,12H2,(H,22,24)/t17-,18+/m0/s1. The third kappa shape index (κ3) is 2.93. The molecule has 1 amide bonds. The van der Waals surface area contributed by atoms with Crippen molar-refractivity contribution in [3.05, 3.63) is 78.4 Å². The fraction of sp³-hybridized carbons (Fsp3) is 0.158. The van der Waals surface area contributed by atoms with Gasteiger partial charge in [-0.15, -0.1) is 0 Å². The Morgan fingerprint density at radius 3 is 2.83 bits per heavy atom. The maximum absolute atomic E-state index is 13.3. The van der Waals surface area contributed by atoms with Crippen LogP contribution in [0.4, 0.5) is 10.1 Å². The largest absolute Gasteiger partial charge is 0.326 e. The van der Waals surface area contributed by atoms with E-state index in [1.165, 1.54) is 12.1 Å². The summed E-state index contributed by atoms with van der Waals surface area (Å²) in [6.07, 6.45) is 4.31. The third-order valence-corrected chi connectivity index (χ3v) is 4.29. The van der Waals surface area contributed by atoms with Crippen LogP contribution in [0.3, 0.4) is 0 Å². The summed E-state index contributed by atoms with van der Waals surface area (Å²) in [5, 5.41) is 7.13. The molecule has 2 aromatic carbocycles. The average Bonchev–Trinajstić information content (AvgIpc) is 3.21. The first kappa shape index (κ1) is 14.6. The highest BCUT2D eigenvalue weighted by Crippen LogP contribution is 2.48. The lowest BCUT2D eigenvalue weighted by atomic mass is 10.1. The van der Waals surface area contributed by atoms with E-state index in [4.69, 9.17) is 0 Å². The summed E-state index contributed by atoms with van der Waals surface area (Å²) in [6.45, 7) is 0. The topological polar surface area (TPSA) is 46.9 Å². The second-order valence-corrected chi connectivity index (χ2v) is 5.99. The Labute approximate surface area is 138 Å². The lowest BCUT2D eigenvalue weighted by Gasteiger charge is -2.08. The van der Waals surface area contributed by atoms with Gasteiger partial charge in [-0.2, -0.15) is 5.10 Å². The molecule has 4 rings (SSSR count). The van der Waals surface area contributed by atoms with Gasteiger partial charge in [-0.25, -0.2) is 9.07 Å². The predicted molar refractivity (Wildman–Crippen MR) is 89.4 cm³/mol. The predicted octanol–water partition coefficient (Wildman–Crippen LogP) is 3.75. The number of hydrogen-bond acceptors (Lipinski definition) is 2. The van der Waals surface area contributed by atoms with E-state index in [9.17, 15) is 9.18 Å². The molecule has 1 aliphatic rings. The number of aromatic nitrogens is 2. The van der Waals surface area contributed by atoms with Crippen LogP contribution in [0.5, 0.6) is 0 Å². The normalized spacial score (nSPS) is 19.0. The van der Waals surface area contributed by atoms with Gasteiger partial charge in [-0.1, -0.05) is 18.2 Å². The molecule has 0 unspecified atom stereocenters. The molecule has 2 atom stereocenters. The van der Waals surface area contributed by atoms with E-state index in [1.807, 2.05) is 42.6 Å². The molecule has 1 fully saturated rings. The molecule has 0 spiro atoms. The maximum atomic E-state index is 13.3. The Hall–Kier alpha value is -2.95. The van der Waals surface area contributed by atoms with Gasteiger partial charge in [0, 0.05) is 24.0 Å². The smallest absolute Gasteiger partial charge is 0.228 e. The van der Waals surface area contributed by atoms with E-state index in [0.29, 0.717) is 0 Å². The molecule has 0 aliphatic heterocycles. The SMILES string of the molecule is O=C(Nc1cccc(-n2cccn2)c1)[C@@H]1C[C@H]1c1cccc(F)c1. The summed E-state index contributed by atoms with van der Waals surface area (Å²) in [7, 11) is 0. The van der Waals surface area contributed by atoms with Crippen molar-refractivity contribution in [3.8, 4) is 5.69 Å².